The van der Waals surface area contributed by atoms with Gasteiger partial charge in [-0.25, -0.2) is 0 Å². The topological polar surface area (TPSA) is 70.8 Å². The van der Waals surface area contributed by atoms with Crippen molar-refractivity contribution in [2.45, 2.75) is 11.3 Å². The Labute approximate surface area is 143 Å². The van der Waals surface area contributed by atoms with Gasteiger partial charge in [0.05, 0.1) is 24.7 Å². The second-order valence-electron chi connectivity index (χ2n) is 5.08. The Morgan fingerprint density at radius 1 is 1.12 bits per heavy atom. The number of nitro benzene ring substituents is 1. The number of nitrogens with zero attached hydrogens (tertiary/aromatic N) is 1. The maximum absolute atomic E-state index is 10.9. The van der Waals surface area contributed by atoms with Crippen LogP contribution in [0.15, 0.2) is 47.4 Å². The average molecular weight is 347 g/mol. The van der Waals surface area contributed by atoms with Gasteiger partial charge in [0.2, 0.25) is 0 Å². The number of ether oxygens (including phenoxy) is 3. The molecule has 1 aliphatic heterocycles. The summed E-state index contributed by atoms with van der Waals surface area (Å²) in [6.07, 6.45) is 0.876. The molecule has 0 fully saturated rings. The lowest BCUT2D eigenvalue weighted by molar-refractivity contribution is -0.385. The molecule has 6 nitrogen and oxygen atoms in total. The summed E-state index contributed by atoms with van der Waals surface area (Å²) in [7, 11) is 0. The van der Waals surface area contributed by atoms with Gasteiger partial charge in [0.1, 0.15) is 0 Å². The molecular weight excluding hydrogens is 330 g/mol. The van der Waals surface area contributed by atoms with Gasteiger partial charge in [0.25, 0.3) is 0 Å². The van der Waals surface area contributed by atoms with E-state index in [0.717, 1.165) is 22.8 Å². The van der Waals surface area contributed by atoms with E-state index in [1.54, 1.807) is 30.0 Å². The smallest absolute Gasteiger partial charge is 0.310 e. The molecule has 3 rings (SSSR count). The third-order valence-corrected chi connectivity index (χ3v) is 4.35. The highest BCUT2D eigenvalue weighted by Gasteiger charge is 2.14. The summed E-state index contributed by atoms with van der Waals surface area (Å²) >= 11 is 1.60. The molecule has 0 saturated carbocycles. The van der Waals surface area contributed by atoms with Gasteiger partial charge in [0, 0.05) is 23.1 Å². The third-order valence-electron chi connectivity index (χ3n) is 3.39. The molecule has 0 N–H and O–H groups in total. The fourth-order valence-corrected chi connectivity index (χ4v) is 3.03. The average Bonchev–Trinajstić information content (AvgIpc) is 2.84. The first-order chi connectivity index (χ1) is 11.7. The first-order valence-corrected chi connectivity index (χ1v) is 8.61. The predicted molar refractivity (Wildman–Crippen MR) is 91.4 cm³/mol. The first-order valence-electron chi connectivity index (χ1n) is 7.63. The van der Waals surface area contributed by atoms with Crippen LogP contribution in [0, 0.1) is 10.1 Å². The molecule has 0 bridgehead atoms. The van der Waals surface area contributed by atoms with Crippen molar-refractivity contribution in [2.75, 3.05) is 25.6 Å². The van der Waals surface area contributed by atoms with Crippen LogP contribution in [0.4, 0.5) is 5.69 Å². The summed E-state index contributed by atoms with van der Waals surface area (Å²) < 4.78 is 16.8. The summed E-state index contributed by atoms with van der Waals surface area (Å²) in [5, 5.41) is 10.9. The third kappa shape index (κ3) is 4.11. The van der Waals surface area contributed by atoms with Crippen LogP contribution < -0.4 is 14.2 Å². The maximum atomic E-state index is 10.9. The number of hydrogen-bond donors (Lipinski definition) is 0. The molecule has 126 valence electrons. The highest BCUT2D eigenvalue weighted by Crippen LogP contribution is 2.34. The molecule has 2 aromatic rings. The lowest BCUT2D eigenvalue weighted by Gasteiger charge is -2.09. The van der Waals surface area contributed by atoms with E-state index in [1.807, 2.05) is 18.2 Å². The number of rotatable bonds is 6. The van der Waals surface area contributed by atoms with E-state index >= 15 is 0 Å². The zero-order chi connectivity index (χ0) is 16.8. The van der Waals surface area contributed by atoms with E-state index in [4.69, 9.17) is 14.2 Å². The Kier molecular flexibility index (Phi) is 5.43. The predicted octanol–water partition coefficient (Wildman–Crippen LogP) is 3.93. The van der Waals surface area contributed by atoms with Crippen molar-refractivity contribution < 1.29 is 19.1 Å². The number of thioether (sulfide) groups is 1. The van der Waals surface area contributed by atoms with E-state index < -0.39 is 4.92 Å². The van der Waals surface area contributed by atoms with Gasteiger partial charge >= 0.3 is 5.69 Å². The Balaban J connectivity index is 1.54. The van der Waals surface area contributed by atoms with Crippen molar-refractivity contribution in [3.05, 3.63) is 52.6 Å². The van der Waals surface area contributed by atoms with Crippen LogP contribution >= 0.6 is 11.8 Å². The monoisotopic (exact) mass is 347 g/mol. The van der Waals surface area contributed by atoms with Crippen molar-refractivity contribution in [2.24, 2.45) is 0 Å². The molecule has 0 unspecified atom stereocenters. The van der Waals surface area contributed by atoms with Crippen LogP contribution in [0.1, 0.15) is 6.42 Å². The summed E-state index contributed by atoms with van der Waals surface area (Å²) in [6.45, 7) is 1.70. The second kappa shape index (κ2) is 7.92. The SMILES string of the molecule is O=[N+]([O-])c1ccccc1OCCSc1ccc2c(c1)OCCCO2. The lowest BCUT2D eigenvalue weighted by atomic mass is 10.3. The lowest BCUT2D eigenvalue weighted by Crippen LogP contribution is -2.02. The van der Waals surface area contributed by atoms with Gasteiger partial charge in [-0.1, -0.05) is 12.1 Å². The van der Waals surface area contributed by atoms with E-state index in [9.17, 15) is 10.1 Å². The van der Waals surface area contributed by atoms with Crippen molar-refractivity contribution in [1.82, 2.24) is 0 Å². The minimum Gasteiger partial charge on any atom is -0.490 e. The van der Waals surface area contributed by atoms with Crippen LogP contribution in [0.25, 0.3) is 0 Å². The van der Waals surface area contributed by atoms with Gasteiger partial charge in [-0.2, -0.15) is 0 Å². The minimum atomic E-state index is -0.438. The standard InChI is InChI=1S/C17H17NO5S/c19-18(20)14-4-1-2-5-15(14)23-10-11-24-13-6-7-16-17(12-13)22-9-3-8-21-16/h1-2,4-7,12H,3,8-11H2. The Bertz CT molecular complexity index is 722. The van der Waals surface area contributed by atoms with E-state index in [2.05, 4.69) is 0 Å². The second-order valence-corrected chi connectivity index (χ2v) is 6.25. The Morgan fingerprint density at radius 3 is 2.75 bits per heavy atom. The molecule has 0 amide bonds. The zero-order valence-corrected chi connectivity index (χ0v) is 13.8. The molecule has 0 radical (unpaired) electrons. The molecule has 0 aromatic heterocycles. The van der Waals surface area contributed by atoms with Crippen molar-refractivity contribution in [1.29, 1.82) is 0 Å². The number of fused-ring (bicyclic) bond motifs is 1. The quantitative estimate of drug-likeness (QED) is 0.341. The highest BCUT2D eigenvalue weighted by molar-refractivity contribution is 7.99. The maximum Gasteiger partial charge on any atom is 0.310 e. The van der Waals surface area contributed by atoms with Gasteiger partial charge < -0.3 is 14.2 Å². The van der Waals surface area contributed by atoms with Gasteiger partial charge in [-0.05, 0) is 24.3 Å². The normalized spacial score (nSPS) is 13.2. The largest absolute Gasteiger partial charge is 0.490 e. The molecule has 24 heavy (non-hydrogen) atoms. The molecular formula is C17H17NO5S. The van der Waals surface area contributed by atoms with Crippen LogP contribution in [0.2, 0.25) is 0 Å². The highest BCUT2D eigenvalue weighted by atomic mass is 32.2. The molecule has 0 saturated heterocycles. The Morgan fingerprint density at radius 2 is 1.92 bits per heavy atom. The summed E-state index contributed by atoms with van der Waals surface area (Å²) in [5.41, 5.74) is -0.0157. The van der Waals surface area contributed by atoms with E-state index in [1.165, 1.54) is 6.07 Å². The van der Waals surface area contributed by atoms with Crippen molar-refractivity contribution in [3.8, 4) is 17.2 Å². The van der Waals surface area contributed by atoms with Crippen LogP contribution in [0.5, 0.6) is 17.2 Å². The Hall–Kier alpha value is -2.41. The van der Waals surface area contributed by atoms with Gasteiger partial charge in [0.15, 0.2) is 17.2 Å². The molecule has 1 heterocycles. The molecule has 0 aliphatic carbocycles. The number of para-hydroxylation sites is 2. The molecule has 1 aliphatic rings. The minimum absolute atomic E-state index is 0.0157. The molecule has 7 heteroatoms. The summed E-state index contributed by atoms with van der Waals surface area (Å²) in [4.78, 5) is 11.5. The zero-order valence-electron chi connectivity index (χ0n) is 13.0. The van der Waals surface area contributed by atoms with Crippen LogP contribution in [-0.4, -0.2) is 30.5 Å². The number of hydrogen-bond acceptors (Lipinski definition) is 6. The first kappa shape index (κ1) is 16.4. The van der Waals surface area contributed by atoms with Gasteiger partial charge in [-0.3, -0.25) is 10.1 Å². The van der Waals surface area contributed by atoms with E-state index in [-0.39, 0.29) is 5.69 Å². The van der Waals surface area contributed by atoms with Crippen LogP contribution in [0.3, 0.4) is 0 Å². The van der Waals surface area contributed by atoms with Crippen LogP contribution in [-0.2, 0) is 0 Å². The van der Waals surface area contributed by atoms with E-state index in [0.29, 0.717) is 31.3 Å². The molecule has 0 atom stereocenters. The van der Waals surface area contributed by atoms with Crippen molar-refractivity contribution >= 4 is 17.4 Å². The summed E-state index contributed by atoms with van der Waals surface area (Å²) in [6, 6.07) is 12.2. The van der Waals surface area contributed by atoms with Gasteiger partial charge in [-0.15, -0.1) is 11.8 Å². The fourth-order valence-electron chi connectivity index (χ4n) is 2.27. The molecule has 0 spiro atoms. The number of benzene rings is 2. The number of nitro groups is 1. The van der Waals surface area contributed by atoms with Crippen molar-refractivity contribution in [3.63, 3.8) is 0 Å². The summed E-state index contributed by atoms with van der Waals surface area (Å²) in [5.74, 6) is 2.50. The molecule has 2 aromatic carbocycles. The fraction of sp³-hybridized carbons (Fsp3) is 0.294.